The summed E-state index contributed by atoms with van der Waals surface area (Å²) >= 11 is 0. The van der Waals surface area contributed by atoms with E-state index in [0.717, 1.165) is 5.56 Å². The number of carbonyl (C=O) groups is 5. The highest BCUT2D eigenvalue weighted by molar-refractivity contribution is 6.05. The molecule has 192 valence electrons. The number of fused-ring (bicyclic) bond motifs is 1. The van der Waals surface area contributed by atoms with Crippen molar-refractivity contribution in [3.05, 3.63) is 35.7 Å². The fourth-order valence-electron chi connectivity index (χ4n) is 4.05. The van der Waals surface area contributed by atoms with E-state index < -0.39 is 35.7 Å². The third-order valence-electron chi connectivity index (χ3n) is 5.98. The van der Waals surface area contributed by atoms with Crippen molar-refractivity contribution < 1.29 is 29.1 Å². The lowest BCUT2D eigenvalue weighted by Crippen LogP contribution is -2.51. The Bertz CT molecular complexity index is 1120. The second-order valence-electron chi connectivity index (χ2n) is 8.86. The maximum Gasteiger partial charge on any atom is 0.303 e. The van der Waals surface area contributed by atoms with E-state index in [2.05, 4.69) is 31.3 Å². The van der Waals surface area contributed by atoms with Crippen LogP contribution in [0.2, 0.25) is 0 Å². The lowest BCUT2D eigenvalue weighted by atomic mass is 9.89. The van der Waals surface area contributed by atoms with Crippen LogP contribution in [0.15, 0.2) is 24.3 Å². The zero-order valence-electron chi connectivity index (χ0n) is 20.1. The molecule has 1 aliphatic heterocycles. The molecular weight excluding hydrogens is 470 g/mol. The molecule has 2 heterocycles. The summed E-state index contributed by atoms with van der Waals surface area (Å²) in [5, 5.41) is 27.4. The molecule has 0 saturated heterocycles. The molecule has 1 aliphatic rings. The molecule has 2 aromatic rings. The van der Waals surface area contributed by atoms with Crippen molar-refractivity contribution in [3.8, 4) is 0 Å². The molecule has 0 aliphatic carbocycles. The van der Waals surface area contributed by atoms with E-state index in [1.807, 2.05) is 12.1 Å². The van der Waals surface area contributed by atoms with E-state index in [4.69, 9.17) is 5.11 Å². The average Bonchev–Trinajstić information content (AvgIpc) is 3.50. The van der Waals surface area contributed by atoms with Crippen molar-refractivity contribution in [1.29, 1.82) is 0 Å². The van der Waals surface area contributed by atoms with Gasteiger partial charge in [-0.05, 0) is 17.5 Å². The number of aliphatic carboxylic acids is 1. The Kier molecular flexibility index (Phi) is 8.81. The summed E-state index contributed by atoms with van der Waals surface area (Å²) in [5.74, 6) is -3.39. The predicted octanol–water partition coefficient (Wildman–Crippen LogP) is -0.0138. The van der Waals surface area contributed by atoms with Gasteiger partial charge in [0.15, 0.2) is 5.82 Å². The molecule has 0 saturated carbocycles. The number of nitrogens with one attached hydrogen (secondary N) is 3. The molecular formula is C23H29N7O6. The SMILES string of the molecule is CC(C)[C@H](CC(=O)CCC(=O)O)C(=O)NCC(=O)N1c2ccccc2C[C@H]1C(=O)NCc1nn[nH]n1. The van der Waals surface area contributed by atoms with Crippen molar-refractivity contribution >= 4 is 35.2 Å². The standard InChI is InChI=1S/C23H29N7O6/c1-13(2)16(10-15(31)7-8-21(33)34)22(35)25-12-20(32)30-17-6-4-3-5-14(17)9-18(30)23(36)24-11-19-26-28-29-27-19/h3-6,13,16,18H,7-12H2,1-2H3,(H,24,36)(H,25,35)(H,33,34)(H,26,27,28,29)/t16-,18-/m0/s1. The number of aromatic amines is 1. The fraction of sp³-hybridized carbons (Fsp3) is 0.478. The third kappa shape index (κ3) is 6.71. The van der Waals surface area contributed by atoms with E-state index in [1.54, 1.807) is 26.0 Å². The van der Waals surface area contributed by atoms with Gasteiger partial charge in [0.25, 0.3) is 0 Å². The zero-order valence-corrected chi connectivity index (χ0v) is 20.1. The highest BCUT2D eigenvalue weighted by Crippen LogP contribution is 2.32. The highest BCUT2D eigenvalue weighted by atomic mass is 16.4. The summed E-state index contributed by atoms with van der Waals surface area (Å²) in [6.45, 7) is 3.22. The highest BCUT2D eigenvalue weighted by Gasteiger charge is 2.38. The molecule has 4 N–H and O–H groups in total. The van der Waals surface area contributed by atoms with Gasteiger partial charge in [-0.15, -0.1) is 10.2 Å². The van der Waals surface area contributed by atoms with Gasteiger partial charge in [-0.1, -0.05) is 37.3 Å². The van der Waals surface area contributed by atoms with Gasteiger partial charge in [0, 0.05) is 30.9 Å². The number of ketones is 1. The number of aromatic nitrogens is 4. The minimum atomic E-state index is -1.08. The summed E-state index contributed by atoms with van der Waals surface area (Å²) in [7, 11) is 0. The van der Waals surface area contributed by atoms with E-state index in [1.165, 1.54) is 4.90 Å². The Morgan fingerprint density at radius 1 is 1.14 bits per heavy atom. The number of rotatable bonds is 12. The molecule has 13 heteroatoms. The number of anilines is 1. The fourth-order valence-corrected chi connectivity index (χ4v) is 4.05. The van der Waals surface area contributed by atoms with Crippen LogP contribution in [0.3, 0.4) is 0 Å². The number of carbonyl (C=O) groups excluding carboxylic acids is 4. The van der Waals surface area contributed by atoms with Crippen LogP contribution >= 0.6 is 0 Å². The van der Waals surface area contributed by atoms with Crippen molar-refractivity contribution in [1.82, 2.24) is 31.3 Å². The summed E-state index contributed by atoms with van der Waals surface area (Å²) in [4.78, 5) is 63.2. The summed E-state index contributed by atoms with van der Waals surface area (Å²) in [6.07, 6.45) is -0.260. The molecule has 0 fully saturated rings. The van der Waals surface area contributed by atoms with Crippen LogP contribution in [0.4, 0.5) is 5.69 Å². The van der Waals surface area contributed by atoms with E-state index in [0.29, 0.717) is 17.9 Å². The number of amides is 3. The topological polar surface area (TPSA) is 187 Å². The van der Waals surface area contributed by atoms with E-state index in [-0.39, 0.29) is 44.1 Å². The quantitative estimate of drug-likeness (QED) is 0.311. The smallest absolute Gasteiger partial charge is 0.303 e. The molecule has 3 amide bonds. The maximum atomic E-state index is 13.2. The first-order chi connectivity index (χ1) is 17.2. The minimum Gasteiger partial charge on any atom is -0.481 e. The predicted molar refractivity (Wildman–Crippen MR) is 125 cm³/mol. The van der Waals surface area contributed by atoms with Crippen LogP contribution in [0.25, 0.3) is 0 Å². The maximum absolute atomic E-state index is 13.2. The van der Waals surface area contributed by atoms with Crippen molar-refractivity contribution in [3.63, 3.8) is 0 Å². The molecule has 36 heavy (non-hydrogen) atoms. The van der Waals surface area contributed by atoms with Crippen LogP contribution < -0.4 is 15.5 Å². The summed E-state index contributed by atoms with van der Waals surface area (Å²) in [5.41, 5.74) is 1.40. The van der Waals surface area contributed by atoms with Crippen LogP contribution in [-0.2, 0) is 36.9 Å². The number of nitrogens with zero attached hydrogens (tertiary/aromatic N) is 4. The van der Waals surface area contributed by atoms with Crippen LogP contribution in [0, 0.1) is 11.8 Å². The van der Waals surface area contributed by atoms with Gasteiger partial charge < -0.3 is 15.7 Å². The first kappa shape index (κ1) is 26.4. The Balaban J connectivity index is 1.65. The van der Waals surface area contributed by atoms with Gasteiger partial charge in [0.05, 0.1) is 19.5 Å². The second-order valence-corrected chi connectivity index (χ2v) is 8.86. The average molecular weight is 500 g/mol. The Morgan fingerprint density at radius 2 is 1.89 bits per heavy atom. The van der Waals surface area contributed by atoms with Crippen molar-refractivity contribution in [2.24, 2.45) is 11.8 Å². The molecule has 0 bridgehead atoms. The second kappa shape index (κ2) is 12.0. The van der Waals surface area contributed by atoms with Gasteiger partial charge in [-0.25, -0.2) is 0 Å². The largest absolute Gasteiger partial charge is 0.481 e. The number of H-pyrrole nitrogens is 1. The molecule has 3 rings (SSSR count). The van der Waals surface area contributed by atoms with E-state index >= 15 is 0 Å². The van der Waals surface area contributed by atoms with Crippen molar-refractivity contribution in [2.75, 3.05) is 11.4 Å². The van der Waals surface area contributed by atoms with Crippen LogP contribution in [0.1, 0.15) is 44.5 Å². The monoisotopic (exact) mass is 499 g/mol. The lowest BCUT2D eigenvalue weighted by Gasteiger charge is -2.26. The molecule has 1 aromatic heterocycles. The molecule has 0 radical (unpaired) electrons. The number of hydrogen-bond donors (Lipinski definition) is 4. The zero-order chi connectivity index (χ0) is 26.2. The van der Waals surface area contributed by atoms with Gasteiger partial charge in [0.2, 0.25) is 17.7 Å². The number of carboxylic acids is 1. The van der Waals surface area contributed by atoms with Crippen molar-refractivity contribution in [2.45, 2.75) is 52.1 Å². The Labute approximate surface area is 207 Å². The summed E-state index contributed by atoms with van der Waals surface area (Å²) in [6, 6.07) is 6.32. The molecule has 13 nitrogen and oxygen atoms in total. The normalized spacial score (nSPS) is 15.3. The molecule has 2 atom stereocenters. The third-order valence-corrected chi connectivity index (χ3v) is 5.98. The minimum absolute atomic E-state index is 0.0346. The summed E-state index contributed by atoms with van der Waals surface area (Å²) < 4.78 is 0. The van der Waals surface area contributed by atoms with Gasteiger partial charge >= 0.3 is 5.97 Å². The number of Topliss-reactive ketones (excluding diaryl/α,β-unsaturated/α-hetero) is 1. The number of hydrogen-bond acceptors (Lipinski definition) is 8. The first-order valence-corrected chi connectivity index (χ1v) is 11.6. The van der Waals surface area contributed by atoms with Crippen LogP contribution in [-0.4, -0.2) is 67.8 Å². The molecule has 1 aromatic carbocycles. The Hall–Kier alpha value is -4.16. The van der Waals surface area contributed by atoms with E-state index in [9.17, 15) is 24.0 Å². The number of benzene rings is 1. The van der Waals surface area contributed by atoms with Crippen LogP contribution in [0.5, 0.6) is 0 Å². The number of carboxylic acid groups (broad SMARTS) is 1. The first-order valence-electron chi connectivity index (χ1n) is 11.6. The van der Waals surface area contributed by atoms with Gasteiger partial charge in [-0.2, -0.15) is 5.21 Å². The number of tetrazole rings is 1. The molecule has 0 spiro atoms. The lowest BCUT2D eigenvalue weighted by molar-refractivity contribution is -0.139. The van der Waals surface area contributed by atoms with Gasteiger partial charge in [0.1, 0.15) is 11.8 Å². The number of para-hydroxylation sites is 1. The van der Waals surface area contributed by atoms with Gasteiger partial charge in [-0.3, -0.25) is 28.9 Å². The molecule has 0 unspecified atom stereocenters. The Morgan fingerprint density at radius 3 is 2.56 bits per heavy atom.